The highest BCUT2D eigenvalue weighted by Gasteiger charge is 2.42. The van der Waals surface area contributed by atoms with E-state index in [0.29, 0.717) is 17.9 Å². The number of carbonyl (C=O) groups excluding carboxylic acids is 1. The van der Waals surface area contributed by atoms with E-state index in [1.54, 1.807) is 0 Å². The van der Waals surface area contributed by atoms with Gasteiger partial charge in [0, 0.05) is 0 Å². The fourth-order valence-corrected chi connectivity index (χ4v) is 2.47. The number of hydrogen-bond donors (Lipinski definition) is 0. The largest absolute Gasteiger partial charge is 0.465 e. The molecule has 92 valence electrons. The van der Waals surface area contributed by atoms with Gasteiger partial charge in [-0.15, -0.1) is 0 Å². The normalized spacial score (nSPS) is 28.7. The zero-order valence-electron chi connectivity index (χ0n) is 11.0. The maximum Gasteiger partial charge on any atom is 0.308 e. The number of carbonyl (C=O) groups is 1. The third kappa shape index (κ3) is 2.87. The molecule has 1 saturated carbocycles. The van der Waals surface area contributed by atoms with E-state index in [0.717, 1.165) is 6.42 Å². The lowest BCUT2D eigenvalue weighted by atomic mass is 9.57. The number of esters is 1. The van der Waals surface area contributed by atoms with Gasteiger partial charge in [-0.2, -0.15) is 0 Å². The first-order valence-electron chi connectivity index (χ1n) is 6.19. The van der Waals surface area contributed by atoms with Gasteiger partial charge in [0.2, 0.25) is 0 Å². The first-order valence-corrected chi connectivity index (χ1v) is 6.19. The lowest BCUT2D eigenvalue weighted by molar-refractivity contribution is -0.148. The third-order valence-electron chi connectivity index (χ3n) is 3.83. The molecule has 0 spiro atoms. The van der Waals surface area contributed by atoms with Crippen molar-refractivity contribution in [3.63, 3.8) is 0 Å². The summed E-state index contributed by atoms with van der Waals surface area (Å²) in [6, 6.07) is 0. The standard InChI is InChI=1S/C14H24O2/c1-10(2)12-6-7-14(12,5)8-9-16-13(15)11(3)4/h11-12H,1,6-9H2,2-5H3. The highest BCUT2D eigenvalue weighted by Crippen LogP contribution is 2.51. The van der Waals surface area contributed by atoms with Crippen molar-refractivity contribution in [2.45, 2.75) is 47.0 Å². The molecule has 2 nitrogen and oxygen atoms in total. The molecule has 0 aromatic carbocycles. The summed E-state index contributed by atoms with van der Waals surface area (Å²) >= 11 is 0. The second-order valence-corrected chi connectivity index (χ2v) is 5.66. The zero-order valence-corrected chi connectivity index (χ0v) is 11.0. The van der Waals surface area contributed by atoms with Gasteiger partial charge in [-0.3, -0.25) is 4.79 Å². The van der Waals surface area contributed by atoms with Gasteiger partial charge in [0.25, 0.3) is 0 Å². The lowest BCUT2D eigenvalue weighted by Gasteiger charge is -2.48. The van der Waals surface area contributed by atoms with Gasteiger partial charge in [-0.05, 0) is 37.5 Å². The van der Waals surface area contributed by atoms with Crippen molar-refractivity contribution in [1.82, 2.24) is 0 Å². The predicted octanol–water partition coefficient (Wildman–Crippen LogP) is 3.57. The van der Waals surface area contributed by atoms with E-state index in [-0.39, 0.29) is 11.9 Å². The number of hydrogen-bond acceptors (Lipinski definition) is 2. The monoisotopic (exact) mass is 224 g/mol. The molecule has 0 aliphatic heterocycles. The molecule has 1 aliphatic carbocycles. The average Bonchev–Trinajstić information content (AvgIpc) is 2.14. The van der Waals surface area contributed by atoms with Gasteiger partial charge in [0.1, 0.15) is 0 Å². The Kier molecular flexibility index (Phi) is 4.17. The lowest BCUT2D eigenvalue weighted by Crippen LogP contribution is -2.39. The number of ether oxygens (including phenoxy) is 1. The van der Waals surface area contributed by atoms with Gasteiger partial charge in [-0.1, -0.05) is 32.9 Å². The number of allylic oxidation sites excluding steroid dienone is 1. The molecule has 0 saturated heterocycles. The second kappa shape index (κ2) is 5.03. The van der Waals surface area contributed by atoms with Gasteiger partial charge in [-0.25, -0.2) is 0 Å². The SMILES string of the molecule is C=C(C)C1CCC1(C)CCOC(=O)C(C)C. The van der Waals surface area contributed by atoms with E-state index in [1.807, 2.05) is 13.8 Å². The minimum atomic E-state index is -0.0881. The summed E-state index contributed by atoms with van der Waals surface area (Å²) in [5, 5.41) is 0. The minimum Gasteiger partial charge on any atom is -0.465 e. The number of rotatable bonds is 5. The summed E-state index contributed by atoms with van der Waals surface area (Å²) in [7, 11) is 0. The maximum atomic E-state index is 11.3. The first-order chi connectivity index (χ1) is 7.37. The molecule has 0 heterocycles. The van der Waals surface area contributed by atoms with E-state index in [2.05, 4.69) is 20.4 Å². The van der Waals surface area contributed by atoms with E-state index >= 15 is 0 Å². The van der Waals surface area contributed by atoms with Crippen molar-refractivity contribution in [2.75, 3.05) is 6.61 Å². The predicted molar refractivity (Wildman–Crippen MR) is 66.1 cm³/mol. The summed E-state index contributed by atoms with van der Waals surface area (Å²) in [5.41, 5.74) is 1.58. The van der Waals surface area contributed by atoms with Crippen molar-refractivity contribution in [3.8, 4) is 0 Å². The van der Waals surface area contributed by atoms with Crippen LogP contribution in [0.3, 0.4) is 0 Å². The van der Waals surface area contributed by atoms with Crippen LogP contribution >= 0.6 is 0 Å². The van der Waals surface area contributed by atoms with Crippen molar-refractivity contribution in [1.29, 1.82) is 0 Å². The summed E-state index contributed by atoms with van der Waals surface area (Å²) in [6.07, 6.45) is 3.43. The molecule has 0 aromatic heterocycles. The van der Waals surface area contributed by atoms with Crippen LogP contribution in [0.15, 0.2) is 12.2 Å². The summed E-state index contributed by atoms with van der Waals surface area (Å²) < 4.78 is 5.23. The summed E-state index contributed by atoms with van der Waals surface area (Å²) in [6.45, 7) is 12.7. The molecule has 0 amide bonds. The molecule has 0 N–H and O–H groups in total. The molecule has 2 atom stereocenters. The average molecular weight is 224 g/mol. The van der Waals surface area contributed by atoms with Gasteiger partial charge >= 0.3 is 5.97 Å². The topological polar surface area (TPSA) is 26.3 Å². The van der Waals surface area contributed by atoms with E-state index < -0.39 is 0 Å². The Bertz CT molecular complexity index is 280. The van der Waals surface area contributed by atoms with Crippen LogP contribution in [0, 0.1) is 17.3 Å². The summed E-state index contributed by atoms with van der Waals surface area (Å²) in [4.78, 5) is 11.3. The minimum absolute atomic E-state index is 0.0221. The van der Waals surface area contributed by atoms with E-state index in [1.165, 1.54) is 18.4 Å². The van der Waals surface area contributed by atoms with E-state index in [4.69, 9.17) is 4.74 Å². The van der Waals surface area contributed by atoms with Gasteiger partial charge in [0.15, 0.2) is 0 Å². The molecule has 1 fully saturated rings. The zero-order chi connectivity index (χ0) is 12.3. The van der Waals surface area contributed by atoms with Crippen LogP contribution in [0.4, 0.5) is 0 Å². The smallest absolute Gasteiger partial charge is 0.308 e. The Labute approximate surface area is 99.1 Å². The van der Waals surface area contributed by atoms with Crippen LogP contribution in [0.25, 0.3) is 0 Å². The summed E-state index contributed by atoms with van der Waals surface area (Å²) in [5.74, 6) is 0.506. The second-order valence-electron chi connectivity index (χ2n) is 5.66. The van der Waals surface area contributed by atoms with E-state index in [9.17, 15) is 4.79 Å². The molecule has 0 aromatic rings. The molecule has 0 bridgehead atoms. The molecular formula is C14H24O2. The molecule has 2 unspecified atom stereocenters. The van der Waals surface area contributed by atoms with Crippen LogP contribution in [-0.4, -0.2) is 12.6 Å². The molecule has 2 heteroatoms. The fourth-order valence-electron chi connectivity index (χ4n) is 2.47. The molecule has 1 rings (SSSR count). The molecule has 16 heavy (non-hydrogen) atoms. The Hall–Kier alpha value is -0.790. The maximum absolute atomic E-state index is 11.3. The van der Waals surface area contributed by atoms with Crippen molar-refractivity contribution in [2.24, 2.45) is 17.3 Å². The Morgan fingerprint density at radius 2 is 2.19 bits per heavy atom. The fraction of sp³-hybridized carbons (Fsp3) is 0.786. The van der Waals surface area contributed by atoms with Crippen LogP contribution in [0.5, 0.6) is 0 Å². The highest BCUT2D eigenvalue weighted by molar-refractivity contribution is 5.71. The van der Waals surface area contributed by atoms with Crippen LogP contribution in [0.2, 0.25) is 0 Å². The third-order valence-corrected chi connectivity index (χ3v) is 3.83. The van der Waals surface area contributed by atoms with Crippen molar-refractivity contribution >= 4 is 5.97 Å². The Morgan fingerprint density at radius 1 is 1.56 bits per heavy atom. The quantitative estimate of drug-likeness (QED) is 0.527. The highest BCUT2D eigenvalue weighted by atomic mass is 16.5. The van der Waals surface area contributed by atoms with Crippen LogP contribution in [0.1, 0.15) is 47.0 Å². The first kappa shape index (κ1) is 13.3. The molecular weight excluding hydrogens is 200 g/mol. The van der Waals surface area contributed by atoms with Crippen molar-refractivity contribution < 1.29 is 9.53 Å². The molecule has 1 aliphatic rings. The van der Waals surface area contributed by atoms with Gasteiger partial charge < -0.3 is 4.74 Å². The van der Waals surface area contributed by atoms with Crippen LogP contribution < -0.4 is 0 Å². The van der Waals surface area contributed by atoms with Crippen LogP contribution in [-0.2, 0) is 9.53 Å². The Morgan fingerprint density at radius 3 is 2.56 bits per heavy atom. The molecule has 0 radical (unpaired) electrons. The van der Waals surface area contributed by atoms with Gasteiger partial charge in [0.05, 0.1) is 12.5 Å². The Balaban J connectivity index is 2.33. The van der Waals surface area contributed by atoms with Crippen molar-refractivity contribution in [3.05, 3.63) is 12.2 Å².